The Morgan fingerprint density at radius 1 is 1.29 bits per heavy atom. The van der Waals surface area contributed by atoms with Crippen molar-refractivity contribution in [3.8, 4) is 0 Å². The molecule has 1 aromatic rings. The van der Waals surface area contributed by atoms with Crippen LogP contribution in [0.5, 0.6) is 0 Å². The average Bonchev–Trinajstić information content (AvgIpc) is 2.55. The Morgan fingerprint density at radius 3 is 2.62 bits per heavy atom. The van der Waals surface area contributed by atoms with Crippen molar-refractivity contribution in [3.63, 3.8) is 0 Å². The van der Waals surface area contributed by atoms with E-state index in [0.29, 0.717) is 28.5 Å². The number of hydrogen-bond donors (Lipinski definition) is 1. The molecule has 24 heavy (non-hydrogen) atoms. The molecule has 0 heterocycles. The summed E-state index contributed by atoms with van der Waals surface area (Å²) in [6, 6.07) is 6.33. The second kappa shape index (κ2) is 6.60. The molecule has 0 aromatic heterocycles. The minimum atomic E-state index is -0.711. The molecule has 0 saturated heterocycles. The van der Waals surface area contributed by atoms with Gasteiger partial charge in [0.25, 0.3) is 5.91 Å². The van der Waals surface area contributed by atoms with Crippen LogP contribution >= 0.6 is 11.6 Å². The van der Waals surface area contributed by atoms with Crippen molar-refractivity contribution in [3.05, 3.63) is 46.5 Å². The molecular weight excluding hydrogens is 326 g/mol. The van der Waals surface area contributed by atoms with Gasteiger partial charge in [-0.1, -0.05) is 37.1 Å². The first-order chi connectivity index (χ1) is 11.4. The summed E-state index contributed by atoms with van der Waals surface area (Å²) < 4.78 is 5.16. The fourth-order valence-electron chi connectivity index (χ4n) is 3.82. The van der Waals surface area contributed by atoms with Crippen molar-refractivity contribution in [2.45, 2.75) is 33.1 Å². The molecule has 4 rings (SSSR count). The zero-order valence-corrected chi connectivity index (χ0v) is 14.7. The van der Waals surface area contributed by atoms with E-state index < -0.39 is 12.0 Å². The quantitative estimate of drug-likeness (QED) is 0.810. The van der Waals surface area contributed by atoms with Gasteiger partial charge in [0, 0.05) is 17.0 Å². The maximum absolute atomic E-state index is 11.9. The normalized spacial score (nSPS) is 23.7. The number of amides is 2. The average molecular weight is 348 g/mol. The molecule has 1 saturated carbocycles. The predicted molar refractivity (Wildman–Crippen MR) is 93.0 cm³/mol. The summed E-state index contributed by atoms with van der Waals surface area (Å²) in [7, 11) is 0. The molecule has 0 radical (unpaired) electrons. The number of allylic oxidation sites excluding steroid dienone is 1. The van der Waals surface area contributed by atoms with E-state index in [-0.39, 0.29) is 0 Å². The molecule has 0 unspecified atom stereocenters. The van der Waals surface area contributed by atoms with E-state index in [1.54, 1.807) is 24.3 Å². The lowest BCUT2D eigenvalue weighted by Crippen LogP contribution is -2.48. The Labute approximate surface area is 147 Å². The third kappa shape index (κ3) is 3.34. The maximum Gasteiger partial charge on any atom is 0.414 e. The van der Waals surface area contributed by atoms with Crippen molar-refractivity contribution in [1.29, 1.82) is 0 Å². The Hall–Kier alpha value is -1.81. The number of alkyl carbamates (subject to hydrolysis) is 1. The van der Waals surface area contributed by atoms with Gasteiger partial charge in [-0.15, -0.1) is 0 Å². The molecule has 128 valence electrons. The predicted octanol–water partition coefficient (Wildman–Crippen LogP) is 4.59. The lowest BCUT2D eigenvalue weighted by atomic mass is 9.48. The zero-order valence-electron chi connectivity index (χ0n) is 14.0. The van der Waals surface area contributed by atoms with Crippen LogP contribution in [0.25, 0.3) is 0 Å². The molecule has 1 N–H and O–H groups in total. The second-order valence-corrected chi connectivity index (χ2v) is 7.60. The van der Waals surface area contributed by atoms with E-state index in [2.05, 4.69) is 25.2 Å². The Morgan fingerprint density at radius 2 is 2.00 bits per heavy atom. The van der Waals surface area contributed by atoms with E-state index in [1.807, 2.05) is 0 Å². The number of carbonyl (C=O) groups is 2. The van der Waals surface area contributed by atoms with Crippen LogP contribution in [0.1, 0.15) is 43.5 Å². The van der Waals surface area contributed by atoms with Crippen molar-refractivity contribution >= 4 is 23.6 Å². The minimum absolute atomic E-state index is 0.294. The summed E-state index contributed by atoms with van der Waals surface area (Å²) in [5, 5.41) is 2.77. The standard InChI is InChI=1S/C19H22ClNO3/c1-19(2)14-6-3-12(16(19)11-14)9-10-24-18(23)21-17(22)13-4-7-15(20)8-5-13/h3-5,7-8,14,16H,6,9-11H2,1-2H3,(H,21,22,23)/t14-,16-/m0/s1. The molecule has 0 spiro atoms. The number of ether oxygens (including phenoxy) is 1. The van der Waals surface area contributed by atoms with Crippen LogP contribution in [0.3, 0.4) is 0 Å². The largest absolute Gasteiger partial charge is 0.449 e. The molecule has 1 aromatic carbocycles. The van der Waals surface area contributed by atoms with Crippen molar-refractivity contribution in [2.75, 3.05) is 6.61 Å². The van der Waals surface area contributed by atoms with Gasteiger partial charge in [-0.25, -0.2) is 4.79 Å². The first-order valence-corrected chi connectivity index (χ1v) is 8.68. The van der Waals surface area contributed by atoms with E-state index in [0.717, 1.165) is 18.8 Å². The highest BCUT2D eigenvalue weighted by Gasteiger charge is 2.50. The van der Waals surface area contributed by atoms with E-state index >= 15 is 0 Å². The van der Waals surface area contributed by atoms with Crippen LogP contribution in [-0.2, 0) is 4.74 Å². The molecule has 2 atom stereocenters. The van der Waals surface area contributed by atoms with Gasteiger partial charge in [-0.3, -0.25) is 10.1 Å². The minimum Gasteiger partial charge on any atom is -0.449 e. The number of halogens is 1. The van der Waals surface area contributed by atoms with Gasteiger partial charge in [0.05, 0.1) is 6.61 Å². The molecule has 1 fully saturated rings. The van der Waals surface area contributed by atoms with Crippen LogP contribution in [0, 0.1) is 17.3 Å². The number of nitrogens with one attached hydrogen (secondary N) is 1. The van der Waals surface area contributed by atoms with Crippen molar-refractivity contribution in [2.24, 2.45) is 17.3 Å². The second-order valence-electron chi connectivity index (χ2n) is 7.17. The molecule has 5 heteroatoms. The molecule has 2 amide bonds. The van der Waals surface area contributed by atoms with Gasteiger partial charge in [0.2, 0.25) is 0 Å². The van der Waals surface area contributed by atoms with Crippen LogP contribution in [0.2, 0.25) is 5.02 Å². The van der Waals surface area contributed by atoms with Crippen LogP contribution in [0.4, 0.5) is 4.79 Å². The molecule has 3 aliphatic rings. The maximum atomic E-state index is 11.9. The van der Waals surface area contributed by atoms with Gasteiger partial charge in [-0.2, -0.15) is 0 Å². The number of imide groups is 1. The van der Waals surface area contributed by atoms with Crippen molar-refractivity contribution in [1.82, 2.24) is 5.32 Å². The fraction of sp³-hybridized carbons (Fsp3) is 0.474. The smallest absolute Gasteiger partial charge is 0.414 e. The van der Waals surface area contributed by atoms with Crippen LogP contribution in [0.15, 0.2) is 35.9 Å². The summed E-state index contributed by atoms with van der Waals surface area (Å²) >= 11 is 5.77. The fourth-order valence-corrected chi connectivity index (χ4v) is 3.95. The molecule has 2 bridgehead atoms. The summed E-state index contributed by atoms with van der Waals surface area (Å²) in [6.07, 6.45) is 4.70. The highest BCUT2D eigenvalue weighted by atomic mass is 35.5. The third-order valence-electron chi connectivity index (χ3n) is 5.53. The van der Waals surface area contributed by atoms with Gasteiger partial charge in [-0.05, 0) is 54.4 Å². The SMILES string of the molecule is CC1(C)[C@H]2CC=C(CCOC(=O)NC(=O)c3ccc(Cl)cc3)[C@@H]1C2. The number of rotatable bonds is 4. The topological polar surface area (TPSA) is 55.4 Å². The first kappa shape index (κ1) is 17.0. The lowest BCUT2D eigenvalue weighted by molar-refractivity contribution is -0.00968. The number of benzene rings is 1. The van der Waals surface area contributed by atoms with E-state index in [4.69, 9.17) is 16.3 Å². The monoisotopic (exact) mass is 347 g/mol. The van der Waals surface area contributed by atoms with Crippen LogP contribution in [-0.4, -0.2) is 18.6 Å². The summed E-state index contributed by atoms with van der Waals surface area (Å²) in [5.41, 5.74) is 2.13. The lowest BCUT2D eigenvalue weighted by Gasteiger charge is -2.56. The van der Waals surface area contributed by atoms with Gasteiger partial charge in [0.1, 0.15) is 0 Å². The number of fused-ring (bicyclic) bond motifs is 1. The molecule has 4 nitrogen and oxygen atoms in total. The zero-order chi connectivity index (χ0) is 17.3. The van der Waals surface area contributed by atoms with E-state index in [1.165, 1.54) is 12.0 Å². The van der Waals surface area contributed by atoms with Gasteiger partial charge < -0.3 is 4.74 Å². The first-order valence-electron chi connectivity index (χ1n) is 8.30. The third-order valence-corrected chi connectivity index (χ3v) is 5.78. The summed E-state index contributed by atoms with van der Waals surface area (Å²) in [6.45, 7) is 4.93. The molecule has 0 aliphatic heterocycles. The number of carbonyl (C=O) groups excluding carboxylic acids is 2. The van der Waals surface area contributed by atoms with E-state index in [9.17, 15) is 9.59 Å². The highest BCUT2D eigenvalue weighted by Crippen LogP contribution is 2.59. The molecule has 3 aliphatic carbocycles. The molecular formula is C19H22ClNO3. The Bertz CT molecular complexity index is 678. The number of hydrogen-bond acceptors (Lipinski definition) is 3. The van der Waals surface area contributed by atoms with Crippen LogP contribution < -0.4 is 5.32 Å². The summed E-state index contributed by atoms with van der Waals surface area (Å²) in [4.78, 5) is 23.7. The van der Waals surface area contributed by atoms with Crippen molar-refractivity contribution < 1.29 is 14.3 Å². The summed E-state index contributed by atoms with van der Waals surface area (Å²) in [5.74, 6) is 0.919. The Kier molecular flexibility index (Phi) is 4.68. The van der Waals surface area contributed by atoms with Gasteiger partial charge in [0.15, 0.2) is 0 Å². The van der Waals surface area contributed by atoms with Gasteiger partial charge >= 0.3 is 6.09 Å². The highest BCUT2D eigenvalue weighted by molar-refractivity contribution is 6.30. The Balaban J connectivity index is 1.44.